The van der Waals surface area contributed by atoms with Gasteiger partial charge in [0, 0.05) is 17.5 Å². The van der Waals surface area contributed by atoms with Crippen molar-refractivity contribution in [1.29, 1.82) is 0 Å². The highest BCUT2D eigenvalue weighted by Gasteiger charge is 2.13. The Morgan fingerprint density at radius 1 is 1.11 bits per heavy atom. The summed E-state index contributed by atoms with van der Waals surface area (Å²) in [6.07, 6.45) is 0. The summed E-state index contributed by atoms with van der Waals surface area (Å²) in [5, 5.41) is 14.5. The van der Waals surface area contributed by atoms with E-state index in [-0.39, 0.29) is 12.5 Å². The fourth-order valence-electron chi connectivity index (χ4n) is 2.59. The van der Waals surface area contributed by atoms with Crippen molar-refractivity contribution < 1.29 is 19.4 Å². The lowest BCUT2D eigenvalue weighted by molar-refractivity contribution is 0.0946. The van der Waals surface area contributed by atoms with Gasteiger partial charge >= 0.3 is 0 Å². The second-order valence-electron chi connectivity index (χ2n) is 5.77. The van der Waals surface area contributed by atoms with Gasteiger partial charge in [0.15, 0.2) is 11.5 Å². The predicted octanol–water partition coefficient (Wildman–Crippen LogP) is 3.25. The van der Waals surface area contributed by atoms with Crippen LogP contribution < -0.4 is 14.8 Å². The highest BCUT2D eigenvalue weighted by molar-refractivity contribution is 7.13. The SMILES string of the molecule is COc1ccc(-c2nc(C(=O)NCc3cccc(CO)c3)cs2)cc1OC. The number of aromatic nitrogens is 1. The molecule has 7 heteroatoms. The molecule has 0 saturated heterocycles. The van der Waals surface area contributed by atoms with Gasteiger partial charge in [-0.05, 0) is 29.3 Å². The number of thiazole rings is 1. The van der Waals surface area contributed by atoms with E-state index in [1.807, 2.05) is 42.5 Å². The van der Waals surface area contributed by atoms with E-state index >= 15 is 0 Å². The van der Waals surface area contributed by atoms with Gasteiger partial charge in [-0.1, -0.05) is 24.3 Å². The Bertz CT molecular complexity index is 939. The number of hydrogen-bond acceptors (Lipinski definition) is 6. The van der Waals surface area contributed by atoms with Crippen LogP contribution in [0, 0.1) is 0 Å². The molecule has 2 aromatic carbocycles. The van der Waals surface area contributed by atoms with Gasteiger partial charge in [-0.2, -0.15) is 0 Å². The summed E-state index contributed by atoms with van der Waals surface area (Å²) in [4.78, 5) is 16.8. The van der Waals surface area contributed by atoms with E-state index in [2.05, 4.69) is 10.3 Å². The number of methoxy groups -OCH3 is 2. The van der Waals surface area contributed by atoms with Crippen LogP contribution in [-0.2, 0) is 13.2 Å². The van der Waals surface area contributed by atoms with Crippen LogP contribution in [0.2, 0.25) is 0 Å². The molecule has 0 fully saturated rings. The van der Waals surface area contributed by atoms with Gasteiger partial charge in [0.25, 0.3) is 5.91 Å². The first-order valence-corrected chi connectivity index (χ1v) is 9.17. The standard InChI is InChI=1S/C20H20N2O4S/c1-25-17-7-6-15(9-18(17)26-2)20-22-16(12-27-20)19(24)21-10-13-4-3-5-14(8-13)11-23/h3-9,12,23H,10-11H2,1-2H3,(H,21,24). The van der Waals surface area contributed by atoms with E-state index in [9.17, 15) is 9.90 Å². The predicted molar refractivity (Wildman–Crippen MR) is 104 cm³/mol. The molecule has 2 N–H and O–H groups in total. The third kappa shape index (κ3) is 4.45. The lowest BCUT2D eigenvalue weighted by Crippen LogP contribution is -2.23. The molecular weight excluding hydrogens is 364 g/mol. The number of aliphatic hydroxyl groups is 1. The van der Waals surface area contributed by atoms with Crippen LogP contribution in [0.4, 0.5) is 0 Å². The number of benzene rings is 2. The smallest absolute Gasteiger partial charge is 0.271 e. The maximum absolute atomic E-state index is 12.4. The van der Waals surface area contributed by atoms with Crippen LogP contribution in [0.3, 0.4) is 0 Å². The summed E-state index contributed by atoms with van der Waals surface area (Å²) in [5.41, 5.74) is 2.95. The van der Waals surface area contributed by atoms with Gasteiger partial charge in [0.05, 0.1) is 20.8 Å². The minimum atomic E-state index is -0.243. The monoisotopic (exact) mass is 384 g/mol. The molecule has 6 nitrogen and oxygen atoms in total. The van der Waals surface area contributed by atoms with Crippen molar-refractivity contribution in [2.75, 3.05) is 14.2 Å². The minimum Gasteiger partial charge on any atom is -0.493 e. The van der Waals surface area contributed by atoms with E-state index in [4.69, 9.17) is 9.47 Å². The molecule has 0 aliphatic rings. The molecule has 140 valence electrons. The number of rotatable bonds is 7. The number of nitrogens with one attached hydrogen (secondary N) is 1. The minimum absolute atomic E-state index is 0.0252. The summed E-state index contributed by atoms with van der Waals surface area (Å²) < 4.78 is 10.6. The van der Waals surface area contributed by atoms with E-state index in [0.717, 1.165) is 21.7 Å². The third-order valence-electron chi connectivity index (χ3n) is 3.99. The number of hydrogen-bond donors (Lipinski definition) is 2. The summed E-state index contributed by atoms with van der Waals surface area (Å²) in [6, 6.07) is 13.0. The van der Waals surface area contributed by atoms with Crippen molar-refractivity contribution in [3.05, 3.63) is 64.7 Å². The maximum Gasteiger partial charge on any atom is 0.271 e. The third-order valence-corrected chi connectivity index (χ3v) is 4.89. The Morgan fingerprint density at radius 2 is 1.89 bits per heavy atom. The lowest BCUT2D eigenvalue weighted by atomic mass is 10.1. The van der Waals surface area contributed by atoms with Crippen LogP contribution in [-0.4, -0.2) is 30.2 Å². The van der Waals surface area contributed by atoms with E-state index < -0.39 is 0 Å². The number of aliphatic hydroxyl groups excluding tert-OH is 1. The van der Waals surface area contributed by atoms with Crippen molar-refractivity contribution >= 4 is 17.2 Å². The molecule has 0 atom stereocenters. The highest BCUT2D eigenvalue weighted by atomic mass is 32.1. The first kappa shape index (κ1) is 18.9. The normalized spacial score (nSPS) is 10.5. The molecule has 0 unspecified atom stereocenters. The second-order valence-corrected chi connectivity index (χ2v) is 6.63. The Labute approximate surface area is 161 Å². The largest absolute Gasteiger partial charge is 0.493 e. The number of carbonyl (C=O) groups excluding carboxylic acids is 1. The molecule has 3 aromatic rings. The van der Waals surface area contributed by atoms with Crippen LogP contribution in [0.15, 0.2) is 47.8 Å². The number of ether oxygens (including phenoxy) is 2. The fraction of sp³-hybridized carbons (Fsp3) is 0.200. The molecule has 0 spiro atoms. The average molecular weight is 384 g/mol. The second kappa shape index (κ2) is 8.66. The number of nitrogens with zero attached hydrogens (tertiary/aromatic N) is 1. The van der Waals surface area contributed by atoms with Crippen molar-refractivity contribution in [3.8, 4) is 22.1 Å². The van der Waals surface area contributed by atoms with Crippen molar-refractivity contribution in [1.82, 2.24) is 10.3 Å². The zero-order valence-electron chi connectivity index (χ0n) is 15.1. The van der Waals surface area contributed by atoms with E-state index in [1.54, 1.807) is 19.6 Å². The number of carbonyl (C=O) groups is 1. The van der Waals surface area contributed by atoms with E-state index in [0.29, 0.717) is 23.7 Å². The summed E-state index contributed by atoms with van der Waals surface area (Å²) in [7, 11) is 3.16. The van der Waals surface area contributed by atoms with Crippen molar-refractivity contribution in [2.45, 2.75) is 13.2 Å². The average Bonchev–Trinajstić information content (AvgIpc) is 3.22. The fourth-order valence-corrected chi connectivity index (χ4v) is 3.39. The molecule has 0 bridgehead atoms. The van der Waals surface area contributed by atoms with Crippen LogP contribution in [0.5, 0.6) is 11.5 Å². The maximum atomic E-state index is 12.4. The Balaban J connectivity index is 1.70. The van der Waals surface area contributed by atoms with Gasteiger partial charge in [0.1, 0.15) is 10.7 Å². The van der Waals surface area contributed by atoms with E-state index in [1.165, 1.54) is 11.3 Å². The van der Waals surface area contributed by atoms with Crippen LogP contribution in [0.25, 0.3) is 10.6 Å². The first-order valence-electron chi connectivity index (χ1n) is 8.29. The highest BCUT2D eigenvalue weighted by Crippen LogP contribution is 2.33. The molecule has 0 aliphatic heterocycles. The molecule has 0 aliphatic carbocycles. The van der Waals surface area contributed by atoms with Gasteiger partial charge < -0.3 is 19.9 Å². The first-order chi connectivity index (χ1) is 13.1. The van der Waals surface area contributed by atoms with Gasteiger partial charge in [-0.15, -0.1) is 11.3 Å². The Kier molecular flexibility index (Phi) is 6.05. The van der Waals surface area contributed by atoms with Crippen LogP contribution >= 0.6 is 11.3 Å². The van der Waals surface area contributed by atoms with Crippen molar-refractivity contribution in [2.24, 2.45) is 0 Å². The summed E-state index contributed by atoms with van der Waals surface area (Å²) >= 11 is 1.39. The van der Waals surface area contributed by atoms with Crippen molar-refractivity contribution in [3.63, 3.8) is 0 Å². The summed E-state index contributed by atoms with van der Waals surface area (Å²) in [6.45, 7) is 0.346. The quantitative estimate of drug-likeness (QED) is 0.654. The van der Waals surface area contributed by atoms with Gasteiger partial charge in [0.2, 0.25) is 0 Å². The summed E-state index contributed by atoms with van der Waals surface area (Å²) in [5.74, 6) is 1.01. The molecule has 0 saturated carbocycles. The molecule has 1 heterocycles. The lowest BCUT2D eigenvalue weighted by Gasteiger charge is -2.08. The zero-order valence-corrected chi connectivity index (χ0v) is 15.9. The molecule has 27 heavy (non-hydrogen) atoms. The molecular formula is C20H20N2O4S. The Hall–Kier alpha value is -2.90. The number of amides is 1. The zero-order chi connectivity index (χ0) is 19.2. The molecule has 1 amide bonds. The van der Waals surface area contributed by atoms with Gasteiger partial charge in [-0.3, -0.25) is 4.79 Å². The van der Waals surface area contributed by atoms with Crippen LogP contribution in [0.1, 0.15) is 21.6 Å². The van der Waals surface area contributed by atoms with Gasteiger partial charge in [-0.25, -0.2) is 4.98 Å². The molecule has 3 rings (SSSR count). The molecule has 0 radical (unpaired) electrons. The molecule has 1 aromatic heterocycles. The Morgan fingerprint density at radius 3 is 2.63 bits per heavy atom. The topological polar surface area (TPSA) is 80.7 Å².